The van der Waals surface area contributed by atoms with E-state index in [-0.39, 0.29) is 24.1 Å². The van der Waals surface area contributed by atoms with Gasteiger partial charge in [-0.05, 0) is 42.5 Å². The Hall–Kier alpha value is -2.97. The van der Waals surface area contributed by atoms with E-state index in [0.717, 1.165) is 15.9 Å². The van der Waals surface area contributed by atoms with Crippen molar-refractivity contribution < 1.29 is 14.4 Å². The van der Waals surface area contributed by atoms with Crippen LogP contribution in [0.4, 0.5) is 16.5 Å². The van der Waals surface area contributed by atoms with Crippen LogP contribution in [0.5, 0.6) is 0 Å². The number of amides is 3. The molecule has 0 radical (unpaired) electrons. The Morgan fingerprint density at radius 3 is 2.66 bits per heavy atom. The van der Waals surface area contributed by atoms with E-state index in [4.69, 9.17) is 11.6 Å². The molecule has 0 aliphatic carbocycles. The number of benzene rings is 2. The highest BCUT2D eigenvalue weighted by Gasteiger charge is 2.35. The van der Waals surface area contributed by atoms with Gasteiger partial charge in [0.15, 0.2) is 5.13 Å². The third-order valence-electron chi connectivity index (χ3n) is 4.57. The summed E-state index contributed by atoms with van der Waals surface area (Å²) < 4.78 is 0.844. The standard InChI is InChI=1S/C20H17ClN4O3S/c1-11(26)22-14-4-7-16-17(9-14)29-20(23-16)24-19(28)12-8-18(27)25(10-12)15-5-2-13(21)3-6-15/h2-7,9,12H,8,10H2,1H3,(H,22,26)(H,23,24,28). The second kappa shape index (κ2) is 7.81. The van der Waals surface area contributed by atoms with Crippen molar-refractivity contribution in [1.82, 2.24) is 4.98 Å². The normalized spacial score (nSPS) is 16.3. The van der Waals surface area contributed by atoms with Crippen LogP contribution in [0, 0.1) is 5.92 Å². The number of anilines is 3. The molecule has 2 N–H and O–H groups in total. The molecular weight excluding hydrogens is 412 g/mol. The highest BCUT2D eigenvalue weighted by Crippen LogP contribution is 2.30. The fraction of sp³-hybridized carbons (Fsp3) is 0.200. The van der Waals surface area contributed by atoms with Gasteiger partial charge in [-0.1, -0.05) is 22.9 Å². The van der Waals surface area contributed by atoms with Gasteiger partial charge in [0, 0.05) is 36.3 Å². The molecule has 1 aromatic heterocycles. The fourth-order valence-corrected chi connectivity index (χ4v) is 4.25. The molecule has 0 spiro atoms. The Morgan fingerprint density at radius 1 is 1.17 bits per heavy atom. The van der Waals surface area contributed by atoms with Crippen molar-refractivity contribution >= 4 is 67.4 Å². The first-order valence-electron chi connectivity index (χ1n) is 8.94. The first-order chi connectivity index (χ1) is 13.9. The zero-order valence-corrected chi connectivity index (χ0v) is 17.0. The Bertz CT molecular complexity index is 1110. The number of nitrogens with one attached hydrogen (secondary N) is 2. The summed E-state index contributed by atoms with van der Waals surface area (Å²) in [4.78, 5) is 42.2. The summed E-state index contributed by atoms with van der Waals surface area (Å²) in [6.45, 7) is 1.75. The van der Waals surface area contributed by atoms with Crippen molar-refractivity contribution in [2.24, 2.45) is 5.92 Å². The number of carbonyl (C=O) groups is 3. The summed E-state index contributed by atoms with van der Waals surface area (Å²) in [7, 11) is 0. The Balaban J connectivity index is 1.46. The number of fused-ring (bicyclic) bond motifs is 1. The van der Waals surface area contributed by atoms with E-state index in [1.54, 1.807) is 41.3 Å². The molecule has 1 atom stereocenters. The van der Waals surface area contributed by atoms with E-state index >= 15 is 0 Å². The second-order valence-corrected chi connectivity index (χ2v) is 8.22. The van der Waals surface area contributed by atoms with Crippen LogP contribution in [0.2, 0.25) is 5.02 Å². The van der Waals surface area contributed by atoms with Gasteiger partial charge in [0.05, 0.1) is 16.1 Å². The maximum absolute atomic E-state index is 12.7. The lowest BCUT2D eigenvalue weighted by Crippen LogP contribution is -2.28. The molecule has 29 heavy (non-hydrogen) atoms. The van der Waals surface area contributed by atoms with Crippen LogP contribution in [0.25, 0.3) is 10.2 Å². The maximum atomic E-state index is 12.7. The largest absolute Gasteiger partial charge is 0.326 e. The number of thiazole rings is 1. The smallest absolute Gasteiger partial charge is 0.231 e. The van der Waals surface area contributed by atoms with Crippen LogP contribution < -0.4 is 15.5 Å². The molecular formula is C20H17ClN4O3S. The molecule has 2 heterocycles. The monoisotopic (exact) mass is 428 g/mol. The highest BCUT2D eigenvalue weighted by atomic mass is 35.5. The van der Waals surface area contributed by atoms with E-state index in [0.29, 0.717) is 22.4 Å². The minimum atomic E-state index is -0.458. The van der Waals surface area contributed by atoms with Gasteiger partial charge in [0.25, 0.3) is 0 Å². The average Bonchev–Trinajstić information content (AvgIpc) is 3.24. The molecule has 0 bridgehead atoms. The second-order valence-electron chi connectivity index (χ2n) is 6.75. The van der Waals surface area contributed by atoms with Crippen LogP contribution in [0.3, 0.4) is 0 Å². The zero-order valence-electron chi connectivity index (χ0n) is 15.4. The molecule has 7 nitrogen and oxygen atoms in total. The lowest BCUT2D eigenvalue weighted by atomic mass is 10.1. The lowest BCUT2D eigenvalue weighted by Gasteiger charge is -2.16. The molecule has 9 heteroatoms. The van der Waals surface area contributed by atoms with Crippen molar-refractivity contribution in [3.8, 4) is 0 Å². The zero-order chi connectivity index (χ0) is 20.5. The first-order valence-corrected chi connectivity index (χ1v) is 10.1. The highest BCUT2D eigenvalue weighted by molar-refractivity contribution is 7.22. The van der Waals surface area contributed by atoms with Crippen LogP contribution in [-0.4, -0.2) is 29.3 Å². The van der Waals surface area contributed by atoms with Gasteiger partial charge in [0.1, 0.15) is 0 Å². The van der Waals surface area contributed by atoms with Gasteiger partial charge in [-0.2, -0.15) is 0 Å². The van der Waals surface area contributed by atoms with Crippen molar-refractivity contribution in [3.63, 3.8) is 0 Å². The summed E-state index contributed by atoms with van der Waals surface area (Å²) in [6, 6.07) is 12.3. The topological polar surface area (TPSA) is 91.4 Å². The molecule has 3 aromatic rings. The molecule has 2 aromatic carbocycles. The van der Waals surface area contributed by atoms with Gasteiger partial charge in [-0.3, -0.25) is 14.4 Å². The number of halogens is 1. The SMILES string of the molecule is CC(=O)Nc1ccc2nc(NC(=O)C3CC(=O)N(c4ccc(Cl)cc4)C3)sc2c1. The van der Waals surface area contributed by atoms with E-state index in [9.17, 15) is 14.4 Å². The van der Waals surface area contributed by atoms with Gasteiger partial charge in [-0.25, -0.2) is 4.98 Å². The summed E-state index contributed by atoms with van der Waals surface area (Å²) in [5.74, 6) is -0.952. The Kier molecular flexibility index (Phi) is 5.21. The molecule has 1 fully saturated rings. The lowest BCUT2D eigenvalue weighted by molar-refractivity contribution is -0.122. The quantitative estimate of drug-likeness (QED) is 0.659. The molecule has 148 valence electrons. The number of nitrogens with zero attached hydrogens (tertiary/aromatic N) is 2. The fourth-order valence-electron chi connectivity index (χ4n) is 3.22. The van der Waals surface area contributed by atoms with Gasteiger partial charge < -0.3 is 15.5 Å². The van der Waals surface area contributed by atoms with Crippen molar-refractivity contribution in [1.29, 1.82) is 0 Å². The number of aromatic nitrogens is 1. The van der Waals surface area contributed by atoms with Crippen LogP contribution >= 0.6 is 22.9 Å². The van der Waals surface area contributed by atoms with Crippen LogP contribution in [0.1, 0.15) is 13.3 Å². The van der Waals surface area contributed by atoms with E-state index in [1.807, 2.05) is 6.07 Å². The molecule has 4 rings (SSSR count). The third kappa shape index (κ3) is 4.23. The minimum Gasteiger partial charge on any atom is -0.326 e. The molecule has 3 amide bonds. The third-order valence-corrected chi connectivity index (χ3v) is 5.76. The summed E-state index contributed by atoms with van der Waals surface area (Å²) >= 11 is 7.22. The maximum Gasteiger partial charge on any atom is 0.231 e. The van der Waals surface area contributed by atoms with Gasteiger partial charge in [0.2, 0.25) is 17.7 Å². The van der Waals surface area contributed by atoms with E-state index in [2.05, 4.69) is 15.6 Å². The van der Waals surface area contributed by atoms with E-state index in [1.165, 1.54) is 18.3 Å². The van der Waals surface area contributed by atoms with Crippen molar-refractivity contribution in [2.45, 2.75) is 13.3 Å². The van der Waals surface area contributed by atoms with Crippen molar-refractivity contribution in [2.75, 3.05) is 22.1 Å². The predicted molar refractivity (Wildman–Crippen MR) is 114 cm³/mol. The van der Waals surface area contributed by atoms with Crippen LogP contribution in [0.15, 0.2) is 42.5 Å². The predicted octanol–water partition coefficient (Wildman–Crippen LogP) is 3.90. The molecule has 1 aliphatic rings. The molecule has 0 saturated carbocycles. The number of hydrogen-bond acceptors (Lipinski definition) is 5. The number of carbonyl (C=O) groups excluding carboxylic acids is 3. The molecule has 1 saturated heterocycles. The van der Waals surface area contributed by atoms with Gasteiger partial charge >= 0.3 is 0 Å². The number of rotatable bonds is 4. The molecule has 1 aliphatic heterocycles. The number of hydrogen-bond donors (Lipinski definition) is 2. The minimum absolute atomic E-state index is 0.100. The Morgan fingerprint density at radius 2 is 1.93 bits per heavy atom. The van der Waals surface area contributed by atoms with E-state index < -0.39 is 5.92 Å². The van der Waals surface area contributed by atoms with Gasteiger partial charge in [-0.15, -0.1) is 0 Å². The summed E-state index contributed by atoms with van der Waals surface area (Å²) in [6.07, 6.45) is 0.145. The summed E-state index contributed by atoms with van der Waals surface area (Å²) in [5, 5.41) is 6.59. The Labute approximate surface area is 175 Å². The van der Waals surface area contributed by atoms with Crippen LogP contribution in [-0.2, 0) is 14.4 Å². The first kappa shape index (κ1) is 19.4. The molecule has 1 unspecified atom stereocenters. The average molecular weight is 429 g/mol. The van der Waals surface area contributed by atoms with Crippen molar-refractivity contribution in [3.05, 3.63) is 47.5 Å². The summed E-state index contributed by atoms with van der Waals surface area (Å²) in [5.41, 5.74) is 2.12.